The van der Waals surface area contributed by atoms with E-state index in [2.05, 4.69) is 0 Å². The summed E-state index contributed by atoms with van der Waals surface area (Å²) in [6, 6.07) is 16.7. The lowest BCUT2D eigenvalue weighted by Crippen LogP contribution is -2.32. The van der Waals surface area contributed by atoms with Crippen molar-refractivity contribution in [2.45, 2.75) is 0 Å². The second-order valence-electron chi connectivity index (χ2n) is 5.76. The summed E-state index contributed by atoms with van der Waals surface area (Å²) in [4.78, 5) is 42.0. The van der Waals surface area contributed by atoms with Crippen LogP contribution in [-0.2, 0) is 4.84 Å². The lowest BCUT2D eigenvalue weighted by Gasteiger charge is -2.13. The van der Waals surface area contributed by atoms with Gasteiger partial charge in [-0.05, 0) is 47.2 Å². The zero-order valence-corrected chi connectivity index (χ0v) is 13.8. The predicted octanol–water partition coefficient (Wildman–Crippen LogP) is 3.22. The minimum absolute atomic E-state index is 0.218. The van der Waals surface area contributed by atoms with Crippen molar-refractivity contribution in [1.29, 1.82) is 0 Å². The SMILES string of the molecule is COc1ccc2cc(C(=O)ON3C(=O)c4ccccc4C3=O)ccc2c1. The lowest BCUT2D eigenvalue weighted by molar-refractivity contribution is -0.0584. The Labute approximate surface area is 148 Å². The number of rotatable bonds is 3. The molecular weight excluding hydrogens is 334 g/mol. The van der Waals surface area contributed by atoms with E-state index in [1.165, 1.54) is 12.1 Å². The molecule has 3 aromatic carbocycles. The highest BCUT2D eigenvalue weighted by molar-refractivity contribution is 6.21. The molecule has 0 saturated carbocycles. The van der Waals surface area contributed by atoms with Crippen molar-refractivity contribution in [3.8, 4) is 5.75 Å². The molecule has 1 aliphatic rings. The molecule has 0 fully saturated rings. The molecule has 0 unspecified atom stereocenters. The molecule has 6 nitrogen and oxygen atoms in total. The summed E-state index contributed by atoms with van der Waals surface area (Å²) in [5.41, 5.74) is 0.672. The standard InChI is InChI=1S/C20H13NO5/c1-25-15-9-8-12-10-14(7-6-13(12)11-15)20(24)26-21-18(22)16-4-2-3-5-17(16)19(21)23/h2-11H,1H3. The first-order valence-electron chi connectivity index (χ1n) is 7.86. The zero-order chi connectivity index (χ0) is 18.3. The van der Waals surface area contributed by atoms with Gasteiger partial charge < -0.3 is 9.57 Å². The van der Waals surface area contributed by atoms with E-state index < -0.39 is 17.8 Å². The van der Waals surface area contributed by atoms with E-state index in [1.54, 1.807) is 43.5 Å². The van der Waals surface area contributed by atoms with Crippen LogP contribution in [0.2, 0.25) is 0 Å². The number of hydrogen-bond donors (Lipinski definition) is 0. The van der Waals surface area contributed by atoms with E-state index in [-0.39, 0.29) is 16.7 Å². The van der Waals surface area contributed by atoms with E-state index >= 15 is 0 Å². The molecule has 128 valence electrons. The van der Waals surface area contributed by atoms with Crippen molar-refractivity contribution >= 4 is 28.6 Å². The van der Waals surface area contributed by atoms with Gasteiger partial charge in [0.1, 0.15) is 5.75 Å². The van der Waals surface area contributed by atoms with Crippen LogP contribution in [0.4, 0.5) is 0 Å². The fraction of sp³-hybridized carbons (Fsp3) is 0.0500. The van der Waals surface area contributed by atoms with Crippen molar-refractivity contribution < 1.29 is 24.0 Å². The van der Waals surface area contributed by atoms with Crippen LogP contribution >= 0.6 is 0 Å². The van der Waals surface area contributed by atoms with Crippen molar-refractivity contribution in [2.24, 2.45) is 0 Å². The maximum atomic E-state index is 12.4. The van der Waals surface area contributed by atoms with Crippen LogP contribution in [0, 0.1) is 0 Å². The van der Waals surface area contributed by atoms with Crippen LogP contribution < -0.4 is 4.74 Å². The van der Waals surface area contributed by atoms with Gasteiger partial charge in [-0.15, -0.1) is 0 Å². The molecule has 26 heavy (non-hydrogen) atoms. The number of nitrogens with zero attached hydrogens (tertiary/aromatic N) is 1. The maximum absolute atomic E-state index is 12.4. The molecule has 1 heterocycles. The average Bonchev–Trinajstić information content (AvgIpc) is 2.92. The summed E-state index contributed by atoms with van der Waals surface area (Å²) in [6.45, 7) is 0. The van der Waals surface area contributed by atoms with Gasteiger partial charge in [-0.2, -0.15) is 0 Å². The molecule has 0 atom stereocenters. The summed E-state index contributed by atoms with van der Waals surface area (Å²) in [5, 5.41) is 2.20. The summed E-state index contributed by atoms with van der Waals surface area (Å²) < 4.78 is 5.17. The first kappa shape index (κ1) is 15.8. The molecule has 0 aromatic heterocycles. The maximum Gasteiger partial charge on any atom is 0.363 e. The zero-order valence-electron chi connectivity index (χ0n) is 13.8. The van der Waals surface area contributed by atoms with Crippen molar-refractivity contribution in [2.75, 3.05) is 7.11 Å². The highest BCUT2D eigenvalue weighted by Crippen LogP contribution is 2.25. The Hall–Kier alpha value is -3.67. The first-order valence-corrected chi connectivity index (χ1v) is 7.86. The molecule has 1 aliphatic heterocycles. The molecule has 0 saturated heterocycles. The minimum Gasteiger partial charge on any atom is -0.497 e. The second-order valence-corrected chi connectivity index (χ2v) is 5.76. The highest BCUT2D eigenvalue weighted by Gasteiger charge is 2.38. The Morgan fingerprint density at radius 1 is 0.846 bits per heavy atom. The van der Waals surface area contributed by atoms with Crippen LogP contribution in [0.25, 0.3) is 10.8 Å². The lowest BCUT2D eigenvalue weighted by atomic mass is 10.1. The number of hydroxylamine groups is 2. The monoisotopic (exact) mass is 347 g/mol. The van der Waals surface area contributed by atoms with Crippen LogP contribution in [0.5, 0.6) is 5.75 Å². The largest absolute Gasteiger partial charge is 0.497 e. The fourth-order valence-corrected chi connectivity index (χ4v) is 2.86. The molecule has 4 rings (SSSR count). The average molecular weight is 347 g/mol. The number of carbonyl (C=O) groups excluding carboxylic acids is 3. The number of carbonyl (C=O) groups is 3. The normalized spacial score (nSPS) is 13.0. The fourth-order valence-electron chi connectivity index (χ4n) is 2.86. The number of amides is 2. The van der Waals surface area contributed by atoms with Gasteiger partial charge in [0.15, 0.2) is 0 Å². The van der Waals surface area contributed by atoms with E-state index in [4.69, 9.17) is 9.57 Å². The second kappa shape index (κ2) is 6.00. The number of benzene rings is 3. The molecule has 0 N–H and O–H groups in total. The van der Waals surface area contributed by atoms with Crippen molar-refractivity contribution in [1.82, 2.24) is 5.06 Å². The van der Waals surface area contributed by atoms with E-state index in [0.29, 0.717) is 10.8 Å². The van der Waals surface area contributed by atoms with Gasteiger partial charge in [0.05, 0.1) is 23.8 Å². The summed E-state index contributed by atoms with van der Waals surface area (Å²) in [5.74, 6) is -1.37. The van der Waals surface area contributed by atoms with Gasteiger partial charge in [-0.25, -0.2) is 4.79 Å². The van der Waals surface area contributed by atoms with Gasteiger partial charge >= 0.3 is 5.97 Å². The van der Waals surface area contributed by atoms with Gasteiger partial charge in [0.2, 0.25) is 0 Å². The molecule has 6 heteroatoms. The third kappa shape index (κ3) is 2.48. The van der Waals surface area contributed by atoms with Gasteiger partial charge in [0.25, 0.3) is 11.8 Å². The van der Waals surface area contributed by atoms with Gasteiger partial charge in [-0.3, -0.25) is 9.59 Å². The Kier molecular flexibility index (Phi) is 3.65. The Balaban J connectivity index is 1.60. The Morgan fingerprint density at radius 2 is 1.46 bits per heavy atom. The summed E-state index contributed by atoms with van der Waals surface area (Å²) in [6.07, 6.45) is 0. The smallest absolute Gasteiger partial charge is 0.363 e. The predicted molar refractivity (Wildman–Crippen MR) is 92.9 cm³/mol. The molecule has 3 aromatic rings. The molecule has 0 radical (unpaired) electrons. The molecule has 0 aliphatic carbocycles. The van der Waals surface area contributed by atoms with Crippen molar-refractivity contribution in [3.05, 3.63) is 77.4 Å². The number of hydrogen-bond acceptors (Lipinski definition) is 5. The van der Waals surface area contributed by atoms with Crippen molar-refractivity contribution in [3.63, 3.8) is 0 Å². The molecular formula is C20H13NO5. The minimum atomic E-state index is -0.780. The van der Waals surface area contributed by atoms with Crippen LogP contribution in [-0.4, -0.2) is 30.0 Å². The molecule has 0 spiro atoms. The van der Waals surface area contributed by atoms with Crippen LogP contribution in [0.3, 0.4) is 0 Å². The highest BCUT2D eigenvalue weighted by atomic mass is 16.7. The number of methoxy groups -OCH3 is 1. The molecule has 0 bridgehead atoms. The van der Waals surface area contributed by atoms with E-state index in [1.807, 2.05) is 12.1 Å². The quantitative estimate of drug-likeness (QED) is 0.680. The first-order chi connectivity index (χ1) is 12.6. The number of fused-ring (bicyclic) bond motifs is 2. The van der Waals surface area contributed by atoms with Crippen LogP contribution in [0.1, 0.15) is 31.1 Å². The van der Waals surface area contributed by atoms with Gasteiger partial charge in [0, 0.05) is 0 Å². The van der Waals surface area contributed by atoms with Gasteiger partial charge in [-0.1, -0.05) is 29.3 Å². The third-order valence-corrected chi connectivity index (χ3v) is 4.21. The van der Waals surface area contributed by atoms with E-state index in [9.17, 15) is 14.4 Å². The van der Waals surface area contributed by atoms with E-state index in [0.717, 1.165) is 10.8 Å². The molecule has 2 amide bonds. The van der Waals surface area contributed by atoms with Crippen LogP contribution in [0.15, 0.2) is 60.7 Å². The Bertz CT molecular complexity index is 1040. The Morgan fingerprint density at radius 3 is 2.12 bits per heavy atom. The topological polar surface area (TPSA) is 72.9 Å². The summed E-state index contributed by atoms with van der Waals surface area (Å²) in [7, 11) is 1.58. The number of imide groups is 1. The third-order valence-electron chi connectivity index (χ3n) is 4.21. The summed E-state index contributed by atoms with van der Waals surface area (Å²) >= 11 is 0. The number of ether oxygens (including phenoxy) is 1.